The molecule has 4 heteroatoms. The van der Waals surface area contributed by atoms with Gasteiger partial charge in [0.15, 0.2) is 0 Å². The molecule has 4 nitrogen and oxygen atoms in total. The molecule has 0 bridgehead atoms. The van der Waals surface area contributed by atoms with Gasteiger partial charge in [-0.15, -0.1) is 0 Å². The average molecular weight is 319 g/mol. The van der Waals surface area contributed by atoms with E-state index in [0.717, 1.165) is 43.6 Å². The van der Waals surface area contributed by atoms with Crippen LogP contribution in [0.5, 0.6) is 0 Å². The fourth-order valence-electron chi connectivity index (χ4n) is 3.52. The molecule has 0 aliphatic carbocycles. The molecule has 0 saturated carbocycles. The van der Waals surface area contributed by atoms with Gasteiger partial charge in [-0.2, -0.15) is 0 Å². The molecule has 1 amide bonds. The molecular formula is C20H21N3O. The van der Waals surface area contributed by atoms with Crippen LogP contribution in [-0.4, -0.2) is 33.3 Å². The molecule has 0 unspecified atom stereocenters. The Morgan fingerprint density at radius 3 is 2.67 bits per heavy atom. The van der Waals surface area contributed by atoms with Gasteiger partial charge in [0.05, 0.1) is 5.56 Å². The minimum absolute atomic E-state index is 0.128. The predicted octanol–water partition coefficient (Wildman–Crippen LogP) is 3.43. The molecule has 1 fully saturated rings. The van der Waals surface area contributed by atoms with E-state index in [1.54, 1.807) is 6.20 Å². The highest BCUT2D eigenvalue weighted by Gasteiger charge is 2.24. The Morgan fingerprint density at radius 2 is 1.88 bits per heavy atom. The maximum Gasteiger partial charge on any atom is 0.255 e. The van der Waals surface area contributed by atoms with Crippen molar-refractivity contribution in [1.29, 1.82) is 0 Å². The van der Waals surface area contributed by atoms with Gasteiger partial charge in [0.1, 0.15) is 5.65 Å². The number of piperidine rings is 1. The molecule has 1 aliphatic heterocycles. The van der Waals surface area contributed by atoms with E-state index in [2.05, 4.69) is 35.3 Å². The van der Waals surface area contributed by atoms with E-state index < -0.39 is 0 Å². The molecule has 1 aliphatic rings. The molecule has 4 rings (SSSR count). The van der Waals surface area contributed by atoms with E-state index in [0.29, 0.717) is 5.92 Å². The Kier molecular flexibility index (Phi) is 4.03. The summed E-state index contributed by atoms with van der Waals surface area (Å²) in [5.74, 6) is 0.802. The molecule has 0 N–H and O–H groups in total. The van der Waals surface area contributed by atoms with E-state index in [9.17, 15) is 4.79 Å². The van der Waals surface area contributed by atoms with Gasteiger partial charge in [0, 0.05) is 31.7 Å². The van der Waals surface area contributed by atoms with Crippen molar-refractivity contribution in [2.75, 3.05) is 13.1 Å². The zero-order chi connectivity index (χ0) is 16.4. The number of fused-ring (bicyclic) bond motifs is 1. The first-order chi connectivity index (χ1) is 11.8. The molecule has 0 atom stereocenters. The number of aromatic nitrogens is 2. The van der Waals surface area contributed by atoms with E-state index in [1.807, 2.05) is 33.8 Å². The lowest BCUT2D eigenvalue weighted by molar-refractivity contribution is 0.0690. The summed E-state index contributed by atoms with van der Waals surface area (Å²) in [4.78, 5) is 18.9. The second kappa shape index (κ2) is 6.48. The quantitative estimate of drug-likeness (QED) is 0.742. The van der Waals surface area contributed by atoms with Crippen LogP contribution in [0.25, 0.3) is 5.65 Å². The van der Waals surface area contributed by atoms with Gasteiger partial charge in [-0.3, -0.25) is 4.79 Å². The smallest absolute Gasteiger partial charge is 0.255 e. The molecule has 1 saturated heterocycles. The Bertz CT molecular complexity index is 832. The van der Waals surface area contributed by atoms with Gasteiger partial charge in [-0.25, -0.2) is 4.98 Å². The Balaban J connectivity index is 1.39. The highest BCUT2D eigenvalue weighted by Crippen LogP contribution is 2.23. The predicted molar refractivity (Wildman–Crippen MR) is 94.0 cm³/mol. The lowest BCUT2D eigenvalue weighted by Crippen LogP contribution is -2.39. The summed E-state index contributed by atoms with van der Waals surface area (Å²) in [6.07, 6.45) is 8.77. The first-order valence-electron chi connectivity index (χ1n) is 8.55. The van der Waals surface area contributed by atoms with Crippen LogP contribution in [0, 0.1) is 5.92 Å². The number of nitrogens with zero attached hydrogens (tertiary/aromatic N) is 3. The maximum atomic E-state index is 12.7. The van der Waals surface area contributed by atoms with Crippen LogP contribution >= 0.6 is 0 Å². The second-order valence-electron chi connectivity index (χ2n) is 6.54. The van der Waals surface area contributed by atoms with Crippen LogP contribution in [-0.2, 0) is 6.42 Å². The van der Waals surface area contributed by atoms with Crippen molar-refractivity contribution in [3.8, 4) is 0 Å². The summed E-state index contributed by atoms with van der Waals surface area (Å²) in [7, 11) is 0. The van der Waals surface area contributed by atoms with Gasteiger partial charge in [0.2, 0.25) is 0 Å². The number of likely N-dealkylation sites (tertiary alicyclic amines) is 1. The monoisotopic (exact) mass is 319 g/mol. The van der Waals surface area contributed by atoms with Gasteiger partial charge < -0.3 is 9.30 Å². The third kappa shape index (κ3) is 3.04. The molecule has 0 spiro atoms. The minimum Gasteiger partial charge on any atom is -0.339 e. The maximum absolute atomic E-state index is 12.7. The number of pyridine rings is 1. The van der Waals surface area contributed by atoms with Gasteiger partial charge >= 0.3 is 0 Å². The van der Waals surface area contributed by atoms with Crippen LogP contribution in [0.3, 0.4) is 0 Å². The van der Waals surface area contributed by atoms with Gasteiger partial charge in [-0.05, 0) is 42.9 Å². The van der Waals surface area contributed by atoms with Crippen molar-refractivity contribution < 1.29 is 4.79 Å². The number of hydrogen-bond donors (Lipinski definition) is 0. The molecule has 122 valence electrons. The fourth-order valence-corrected chi connectivity index (χ4v) is 3.52. The Hall–Kier alpha value is -2.62. The topological polar surface area (TPSA) is 37.6 Å². The molecule has 24 heavy (non-hydrogen) atoms. The SMILES string of the molecule is O=C(c1ccc2nccn2c1)N1CCC(Cc2ccccc2)CC1. The molecule has 2 aromatic heterocycles. The number of carbonyl (C=O) groups excluding carboxylic acids is 1. The van der Waals surface area contributed by atoms with Crippen LogP contribution in [0.2, 0.25) is 0 Å². The highest BCUT2D eigenvalue weighted by atomic mass is 16.2. The van der Waals surface area contributed by atoms with E-state index in [-0.39, 0.29) is 5.91 Å². The highest BCUT2D eigenvalue weighted by molar-refractivity contribution is 5.94. The Labute approximate surface area is 141 Å². The zero-order valence-electron chi connectivity index (χ0n) is 13.6. The third-order valence-corrected chi connectivity index (χ3v) is 4.90. The van der Waals surface area contributed by atoms with Gasteiger partial charge in [-0.1, -0.05) is 30.3 Å². The molecule has 3 heterocycles. The molecule has 3 aromatic rings. The lowest BCUT2D eigenvalue weighted by atomic mass is 9.90. The van der Waals surface area contributed by atoms with Gasteiger partial charge in [0.25, 0.3) is 5.91 Å². The van der Waals surface area contributed by atoms with Crippen molar-refractivity contribution in [2.24, 2.45) is 5.92 Å². The van der Waals surface area contributed by atoms with Crippen molar-refractivity contribution in [1.82, 2.24) is 14.3 Å². The standard InChI is InChI=1S/C20H21N3O/c24-20(18-6-7-19-21-10-13-23(19)15-18)22-11-8-17(9-12-22)14-16-4-2-1-3-5-16/h1-7,10,13,15,17H,8-9,11-12,14H2. The van der Waals surface area contributed by atoms with Crippen LogP contribution < -0.4 is 0 Å². The number of benzene rings is 1. The Morgan fingerprint density at radius 1 is 1.08 bits per heavy atom. The number of carbonyl (C=O) groups is 1. The molecule has 0 radical (unpaired) electrons. The van der Waals surface area contributed by atoms with Crippen molar-refractivity contribution in [2.45, 2.75) is 19.3 Å². The summed E-state index contributed by atoms with van der Waals surface area (Å²) in [5, 5.41) is 0. The first kappa shape index (κ1) is 14.9. The first-order valence-corrected chi connectivity index (χ1v) is 8.55. The van der Waals surface area contributed by atoms with E-state index >= 15 is 0 Å². The number of hydrogen-bond acceptors (Lipinski definition) is 2. The van der Waals surface area contributed by atoms with Crippen molar-refractivity contribution >= 4 is 11.6 Å². The van der Waals surface area contributed by atoms with Crippen molar-refractivity contribution in [3.63, 3.8) is 0 Å². The average Bonchev–Trinajstić information content (AvgIpc) is 3.10. The zero-order valence-corrected chi connectivity index (χ0v) is 13.6. The molecule has 1 aromatic carbocycles. The van der Waals surface area contributed by atoms with Crippen LogP contribution in [0.15, 0.2) is 61.1 Å². The minimum atomic E-state index is 0.128. The molecular weight excluding hydrogens is 298 g/mol. The normalized spacial score (nSPS) is 15.8. The number of amides is 1. The van der Waals surface area contributed by atoms with Crippen LogP contribution in [0.4, 0.5) is 0 Å². The summed E-state index contributed by atoms with van der Waals surface area (Å²) in [6, 6.07) is 14.4. The second-order valence-corrected chi connectivity index (χ2v) is 6.54. The van der Waals surface area contributed by atoms with E-state index in [4.69, 9.17) is 0 Å². The number of imidazole rings is 1. The summed E-state index contributed by atoms with van der Waals surface area (Å²) in [5.41, 5.74) is 3.00. The summed E-state index contributed by atoms with van der Waals surface area (Å²) >= 11 is 0. The summed E-state index contributed by atoms with van der Waals surface area (Å²) in [6.45, 7) is 1.69. The fraction of sp³-hybridized carbons (Fsp3) is 0.300. The van der Waals surface area contributed by atoms with E-state index in [1.165, 1.54) is 5.56 Å². The summed E-state index contributed by atoms with van der Waals surface area (Å²) < 4.78 is 1.90. The van der Waals surface area contributed by atoms with Crippen LogP contribution in [0.1, 0.15) is 28.8 Å². The lowest BCUT2D eigenvalue weighted by Gasteiger charge is -2.32. The van der Waals surface area contributed by atoms with Crippen molar-refractivity contribution in [3.05, 3.63) is 72.2 Å². The third-order valence-electron chi connectivity index (χ3n) is 4.90. The largest absolute Gasteiger partial charge is 0.339 e. The number of rotatable bonds is 3.